The Labute approximate surface area is 296 Å². The summed E-state index contributed by atoms with van der Waals surface area (Å²) in [5.74, 6) is 1.80. The molecule has 0 saturated carbocycles. The van der Waals surface area contributed by atoms with Crippen molar-refractivity contribution in [1.82, 2.24) is 0 Å². The maximum atomic E-state index is 6.48. The van der Waals surface area contributed by atoms with Crippen molar-refractivity contribution in [3.05, 3.63) is 182 Å². The lowest BCUT2D eigenvalue weighted by Crippen LogP contribution is -1.98. The molecule has 0 aromatic heterocycles. The Hall–Kier alpha value is -6.70. The summed E-state index contributed by atoms with van der Waals surface area (Å²) < 4.78 is 6.48. The average molecular weight is 647 g/mol. The number of hydrogen-bond donors (Lipinski definition) is 0. The van der Waals surface area contributed by atoms with Gasteiger partial charge in [0.15, 0.2) is 0 Å². The van der Waals surface area contributed by atoms with Gasteiger partial charge in [-0.1, -0.05) is 146 Å². The molecule has 10 aromatic carbocycles. The van der Waals surface area contributed by atoms with E-state index in [9.17, 15) is 0 Å². The van der Waals surface area contributed by atoms with Crippen LogP contribution in [0.15, 0.2) is 182 Å². The van der Waals surface area contributed by atoms with Crippen LogP contribution in [0.3, 0.4) is 0 Å². The second-order valence-electron chi connectivity index (χ2n) is 13.7. The quantitative estimate of drug-likeness (QED) is 0.173. The van der Waals surface area contributed by atoms with E-state index in [1.807, 2.05) is 0 Å². The third-order valence-corrected chi connectivity index (χ3v) is 10.8. The summed E-state index contributed by atoms with van der Waals surface area (Å²) in [7, 11) is 0. The summed E-state index contributed by atoms with van der Waals surface area (Å²) in [5, 5.41) is 10.1. The number of benzene rings is 10. The Morgan fingerprint density at radius 2 is 0.843 bits per heavy atom. The van der Waals surface area contributed by atoms with Crippen molar-refractivity contribution >= 4 is 43.1 Å². The van der Waals surface area contributed by atoms with Gasteiger partial charge in [-0.05, 0) is 124 Å². The highest BCUT2D eigenvalue weighted by Crippen LogP contribution is 2.49. The van der Waals surface area contributed by atoms with E-state index >= 15 is 0 Å². The standard InChI is InChI=1S/C50H30O/c1-3-9-31(10-4-1)36-21-26-46-44(29-36)45-30-39(28-38-15-8-16-47(51-46)48(38)45)35-13-7-14-37(27-35)41-23-18-34-19-24-42-40(32-11-5-2-6-12-32)22-17-33-20-25-43(41)50(34)49(33)42/h1-30H. The summed E-state index contributed by atoms with van der Waals surface area (Å²) in [5.41, 5.74) is 12.1. The molecule has 0 bridgehead atoms. The van der Waals surface area contributed by atoms with Crippen LogP contribution in [-0.2, 0) is 0 Å². The number of ether oxygens (including phenoxy) is 1. The maximum Gasteiger partial charge on any atom is 0.135 e. The lowest BCUT2D eigenvalue weighted by molar-refractivity contribution is 0.487. The Balaban J connectivity index is 1.08. The van der Waals surface area contributed by atoms with E-state index in [-0.39, 0.29) is 0 Å². The summed E-state index contributed by atoms with van der Waals surface area (Å²) in [6.45, 7) is 0. The second-order valence-corrected chi connectivity index (χ2v) is 13.7. The van der Waals surface area contributed by atoms with Crippen LogP contribution in [-0.4, -0.2) is 0 Å². The molecular formula is C50H30O. The highest BCUT2D eigenvalue weighted by molar-refractivity contribution is 6.27. The summed E-state index contributed by atoms with van der Waals surface area (Å²) in [6, 6.07) is 66.3. The molecule has 0 unspecified atom stereocenters. The van der Waals surface area contributed by atoms with Gasteiger partial charge in [0.1, 0.15) is 11.5 Å². The van der Waals surface area contributed by atoms with Crippen LogP contribution in [0.2, 0.25) is 0 Å². The van der Waals surface area contributed by atoms with Crippen molar-refractivity contribution in [3.63, 3.8) is 0 Å². The van der Waals surface area contributed by atoms with Gasteiger partial charge in [0, 0.05) is 10.9 Å². The van der Waals surface area contributed by atoms with Gasteiger partial charge in [-0.25, -0.2) is 0 Å². The van der Waals surface area contributed by atoms with E-state index in [0.29, 0.717) is 0 Å². The monoisotopic (exact) mass is 646 g/mol. The minimum atomic E-state index is 0.893. The van der Waals surface area contributed by atoms with Crippen molar-refractivity contribution in [3.8, 4) is 67.1 Å². The van der Waals surface area contributed by atoms with Crippen LogP contribution >= 0.6 is 0 Å². The second kappa shape index (κ2) is 10.9. The molecule has 11 rings (SSSR count). The van der Waals surface area contributed by atoms with Crippen molar-refractivity contribution in [2.45, 2.75) is 0 Å². The molecule has 0 aliphatic carbocycles. The van der Waals surface area contributed by atoms with Crippen LogP contribution < -0.4 is 4.74 Å². The van der Waals surface area contributed by atoms with Crippen LogP contribution in [0.1, 0.15) is 0 Å². The molecule has 1 heteroatoms. The average Bonchev–Trinajstić information content (AvgIpc) is 3.20. The highest BCUT2D eigenvalue weighted by Gasteiger charge is 2.22. The van der Waals surface area contributed by atoms with E-state index in [2.05, 4.69) is 182 Å². The van der Waals surface area contributed by atoms with E-state index in [0.717, 1.165) is 22.4 Å². The molecule has 0 fully saturated rings. The molecule has 51 heavy (non-hydrogen) atoms. The van der Waals surface area contributed by atoms with Gasteiger partial charge in [0.25, 0.3) is 0 Å². The molecule has 1 nitrogen and oxygen atoms in total. The molecule has 0 N–H and O–H groups in total. The predicted octanol–water partition coefficient (Wildman–Crippen LogP) is 14.2. The van der Waals surface area contributed by atoms with Crippen molar-refractivity contribution in [2.75, 3.05) is 0 Å². The first kappa shape index (κ1) is 28.2. The first-order chi connectivity index (χ1) is 25.3. The van der Waals surface area contributed by atoms with Gasteiger partial charge in [0.2, 0.25) is 0 Å². The minimum Gasteiger partial charge on any atom is -0.456 e. The Bertz CT molecular complexity index is 2970. The van der Waals surface area contributed by atoms with Gasteiger partial charge >= 0.3 is 0 Å². The first-order valence-corrected chi connectivity index (χ1v) is 17.6. The van der Waals surface area contributed by atoms with Gasteiger partial charge < -0.3 is 4.74 Å². The van der Waals surface area contributed by atoms with Crippen LogP contribution in [0.5, 0.6) is 11.5 Å². The third-order valence-electron chi connectivity index (χ3n) is 10.8. The third kappa shape index (κ3) is 4.35. The van der Waals surface area contributed by atoms with E-state index in [1.54, 1.807) is 0 Å². The predicted molar refractivity (Wildman–Crippen MR) is 215 cm³/mol. The molecule has 1 aliphatic rings. The molecule has 1 aliphatic heterocycles. The van der Waals surface area contributed by atoms with E-state index in [4.69, 9.17) is 4.74 Å². The fourth-order valence-electron chi connectivity index (χ4n) is 8.40. The Morgan fingerprint density at radius 3 is 1.59 bits per heavy atom. The topological polar surface area (TPSA) is 9.23 Å². The maximum absolute atomic E-state index is 6.48. The zero-order valence-corrected chi connectivity index (χ0v) is 27.7. The molecule has 0 atom stereocenters. The Kier molecular flexibility index (Phi) is 6.02. The summed E-state index contributed by atoms with van der Waals surface area (Å²) in [4.78, 5) is 0. The number of fused-ring (bicyclic) bond motifs is 2. The number of rotatable bonds is 4. The fraction of sp³-hybridized carbons (Fsp3) is 0. The van der Waals surface area contributed by atoms with Crippen molar-refractivity contribution < 1.29 is 4.74 Å². The summed E-state index contributed by atoms with van der Waals surface area (Å²) in [6.07, 6.45) is 0. The van der Waals surface area contributed by atoms with Gasteiger partial charge in [-0.3, -0.25) is 0 Å². The Morgan fingerprint density at radius 1 is 0.255 bits per heavy atom. The lowest BCUT2D eigenvalue weighted by atomic mass is 9.86. The van der Waals surface area contributed by atoms with Gasteiger partial charge in [0.05, 0.1) is 0 Å². The highest BCUT2D eigenvalue weighted by atomic mass is 16.5. The smallest absolute Gasteiger partial charge is 0.135 e. The molecular weight excluding hydrogens is 617 g/mol. The van der Waals surface area contributed by atoms with E-state index < -0.39 is 0 Å². The zero-order chi connectivity index (χ0) is 33.5. The van der Waals surface area contributed by atoms with Gasteiger partial charge in [-0.15, -0.1) is 0 Å². The number of hydrogen-bond acceptors (Lipinski definition) is 1. The largest absolute Gasteiger partial charge is 0.456 e. The SMILES string of the molecule is c1ccc(-c2ccc3c(c2)-c2cc(-c4cccc(-c5ccc6ccc7c(-c8ccccc8)ccc8ccc5c6c87)c4)cc4cccc(c24)O3)cc1. The molecule has 0 spiro atoms. The molecule has 0 amide bonds. The summed E-state index contributed by atoms with van der Waals surface area (Å²) >= 11 is 0. The normalized spacial score (nSPS) is 12.1. The molecule has 10 aromatic rings. The van der Waals surface area contributed by atoms with Crippen molar-refractivity contribution in [1.29, 1.82) is 0 Å². The molecule has 0 radical (unpaired) electrons. The molecule has 1 heterocycles. The van der Waals surface area contributed by atoms with Crippen molar-refractivity contribution in [2.24, 2.45) is 0 Å². The molecule has 0 saturated heterocycles. The van der Waals surface area contributed by atoms with Crippen LogP contribution in [0.25, 0.3) is 98.7 Å². The molecule has 236 valence electrons. The van der Waals surface area contributed by atoms with Gasteiger partial charge in [-0.2, -0.15) is 0 Å². The lowest BCUT2D eigenvalue weighted by Gasteiger charge is -2.23. The zero-order valence-electron chi connectivity index (χ0n) is 27.7. The first-order valence-electron chi connectivity index (χ1n) is 17.6. The van der Waals surface area contributed by atoms with Crippen LogP contribution in [0.4, 0.5) is 0 Å². The minimum absolute atomic E-state index is 0.893. The van der Waals surface area contributed by atoms with E-state index in [1.165, 1.54) is 87.8 Å². The van der Waals surface area contributed by atoms with Crippen LogP contribution in [0, 0.1) is 0 Å². The fourth-order valence-corrected chi connectivity index (χ4v) is 8.40.